The van der Waals surface area contributed by atoms with E-state index in [1.165, 1.54) is 0 Å². The SMILES string of the molecule is CC(NC(=O)c1cc(-c2ccccc2)on1)c1ccc(Cl)cc1. The molecule has 0 saturated carbocycles. The third-order valence-electron chi connectivity index (χ3n) is 3.52. The van der Waals surface area contributed by atoms with Gasteiger partial charge in [-0.3, -0.25) is 4.79 Å². The Morgan fingerprint density at radius 1 is 1.13 bits per heavy atom. The zero-order valence-electron chi connectivity index (χ0n) is 12.5. The van der Waals surface area contributed by atoms with E-state index in [0.29, 0.717) is 10.8 Å². The zero-order valence-corrected chi connectivity index (χ0v) is 13.2. The Labute approximate surface area is 139 Å². The molecule has 4 nitrogen and oxygen atoms in total. The molecule has 1 unspecified atom stereocenters. The van der Waals surface area contributed by atoms with Gasteiger partial charge >= 0.3 is 0 Å². The molecule has 1 amide bonds. The number of nitrogens with one attached hydrogen (secondary N) is 1. The molecule has 1 heterocycles. The number of amides is 1. The molecule has 1 aromatic heterocycles. The number of benzene rings is 2. The summed E-state index contributed by atoms with van der Waals surface area (Å²) in [5.74, 6) is 0.285. The largest absolute Gasteiger partial charge is 0.355 e. The molecule has 0 aliphatic heterocycles. The molecular weight excluding hydrogens is 312 g/mol. The third kappa shape index (κ3) is 3.60. The minimum Gasteiger partial charge on any atom is -0.355 e. The van der Waals surface area contributed by atoms with Crippen molar-refractivity contribution in [3.63, 3.8) is 0 Å². The van der Waals surface area contributed by atoms with E-state index in [2.05, 4.69) is 10.5 Å². The van der Waals surface area contributed by atoms with Crippen LogP contribution >= 0.6 is 11.6 Å². The predicted molar refractivity (Wildman–Crippen MR) is 89.3 cm³/mol. The third-order valence-corrected chi connectivity index (χ3v) is 3.77. The van der Waals surface area contributed by atoms with Crippen molar-refractivity contribution < 1.29 is 9.32 Å². The van der Waals surface area contributed by atoms with Crippen molar-refractivity contribution in [2.75, 3.05) is 0 Å². The number of rotatable bonds is 4. The summed E-state index contributed by atoms with van der Waals surface area (Å²) in [5, 5.41) is 7.40. The summed E-state index contributed by atoms with van der Waals surface area (Å²) in [7, 11) is 0. The number of halogens is 1. The molecule has 1 atom stereocenters. The van der Waals surface area contributed by atoms with Gasteiger partial charge in [0, 0.05) is 16.7 Å². The molecule has 3 rings (SSSR count). The molecule has 0 spiro atoms. The summed E-state index contributed by atoms with van der Waals surface area (Å²) in [6, 6.07) is 18.4. The van der Waals surface area contributed by atoms with E-state index in [0.717, 1.165) is 11.1 Å². The molecule has 0 fully saturated rings. The maximum atomic E-state index is 12.3. The van der Waals surface area contributed by atoms with Gasteiger partial charge in [-0.2, -0.15) is 0 Å². The Morgan fingerprint density at radius 3 is 2.52 bits per heavy atom. The lowest BCUT2D eigenvalue weighted by atomic mass is 10.1. The first-order valence-electron chi connectivity index (χ1n) is 7.22. The van der Waals surface area contributed by atoms with Crippen LogP contribution in [0.1, 0.15) is 29.0 Å². The molecule has 116 valence electrons. The van der Waals surface area contributed by atoms with Gasteiger partial charge in [0.05, 0.1) is 6.04 Å². The fourth-order valence-corrected chi connectivity index (χ4v) is 2.35. The van der Waals surface area contributed by atoms with Crippen LogP contribution in [0.4, 0.5) is 0 Å². The summed E-state index contributed by atoms with van der Waals surface area (Å²) >= 11 is 5.87. The highest BCUT2D eigenvalue weighted by Gasteiger charge is 2.16. The lowest BCUT2D eigenvalue weighted by Gasteiger charge is -2.13. The van der Waals surface area contributed by atoms with E-state index < -0.39 is 0 Å². The molecule has 2 aromatic carbocycles. The van der Waals surface area contributed by atoms with Gasteiger partial charge in [0.25, 0.3) is 5.91 Å². The lowest BCUT2D eigenvalue weighted by Crippen LogP contribution is -2.26. The van der Waals surface area contributed by atoms with E-state index in [1.54, 1.807) is 18.2 Å². The standard InChI is InChI=1S/C18H15ClN2O2/c1-12(13-7-9-15(19)10-8-13)20-18(22)16-11-17(23-21-16)14-5-3-2-4-6-14/h2-12H,1H3,(H,20,22). The fourth-order valence-electron chi connectivity index (χ4n) is 2.23. The van der Waals surface area contributed by atoms with Gasteiger partial charge < -0.3 is 9.84 Å². The van der Waals surface area contributed by atoms with Crippen LogP contribution in [0, 0.1) is 0 Å². The molecule has 23 heavy (non-hydrogen) atoms. The number of nitrogens with zero attached hydrogens (tertiary/aromatic N) is 1. The Bertz CT molecular complexity index is 797. The highest BCUT2D eigenvalue weighted by Crippen LogP contribution is 2.21. The summed E-state index contributed by atoms with van der Waals surface area (Å²) in [6.07, 6.45) is 0. The van der Waals surface area contributed by atoms with Crippen molar-refractivity contribution in [2.45, 2.75) is 13.0 Å². The Balaban J connectivity index is 1.71. The Kier molecular flexibility index (Phi) is 4.44. The van der Waals surface area contributed by atoms with Gasteiger partial charge in [-0.15, -0.1) is 0 Å². The average molecular weight is 327 g/mol. The zero-order chi connectivity index (χ0) is 16.2. The lowest BCUT2D eigenvalue weighted by molar-refractivity contribution is 0.0931. The van der Waals surface area contributed by atoms with Crippen LogP contribution in [0.5, 0.6) is 0 Å². The molecule has 3 aromatic rings. The minimum atomic E-state index is -0.279. The fraction of sp³-hybridized carbons (Fsp3) is 0.111. The van der Waals surface area contributed by atoms with E-state index in [4.69, 9.17) is 16.1 Å². The minimum absolute atomic E-state index is 0.156. The van der Waals surface area contributed by atoms with Crippen LogP contribution in [-0.4, -0.2) is 11.1 Å². The second-order valence-corrected chi connectivity index (χ2v) is 5.63. The number of aromatic nitrogens is 1. The second-order valence-electron chi connectivity index (χ2n) is 5.19. The van der Waals surface area contributed by atoms with Gasteiger partial charge in [-0.05, 0) is 24.6 Å². The summed E-state index contributed by atoms with van der Waals surface area (Å²) in [4.78, 5) is 12.3. The van der Waals surface area contributed by atoms with Gasteiger partial charge in [-0.1, -0.05) is 59.2 Å². The topological polar surface area (TPSA) is 55.1 Å². The number of hydrogen-bond acceptors (Lipinski definition) is 3. The highest BCUT2D eigenvalue weighted by molar-refractivity contribution is 6.30. The van der Waals surface area contributed by atoms with Crippen LogP contribution in [0.25, 0.3) is 11.3 Å². The van der Waals surface area contributed by atoms with Crippen LogP contribution < -0.4 is 5.32 Å². The first kappa shape index (κ1) is 15.3. The quantitative estimate of drug-likeness (QED) is 0.768. The van der Waals surface area contributed by atoms with Gasteiger partial charge in [0.15, 0.2) is 11.5 Å². The van der Waals surface area contributed by atoms with E-state index in [1.807, 2.05) is 49.4 Å². The van der Waals surface area contributed by atoms with Crippen molar-refractivity contribution >= 4 is 17.5 Å². The molecule has 0 aliphatic carbocycles. The predicted octanol–water partition coefficient (Wildman–Crippen LogP) is 4.49. The summed E-state index contributed by atoms with van der Waals surface area (Å²) < 4.78 is 5.25. The van der Waals surface area contributed by atoms with E-state index in [9.17, 15) is 4.79 Å². The molecule has 5 heteroatoms. The van der Waals surface area contributed by atoms with Crippen LogP contribution in [0.2, 0.25) is 5.02 Å². The second kappa shape index (κ2) is 6.67. The highest BCUT2D eigenvalue weighted by atomic mass is 35.5. The van der Waals surface area contributed by atoms with Crippen molar-refractivity contribution in [1.29, 1.82) is 0 Å². The Morgan fingerprint density at radius 2 is 1.83 bits per heavy atom. The molecule has 0 aliphatic rings. The summed E-state index contributed by atoms with van der Waals surface area (Å²) in [5.41, 5.74) is 2.10. The van der Waals surface area contributed by atoms with Crippen LogP contribution in [-0.2, 0) is 0 Å². The van der Waals surface area contributed by atoms with Crippen molar-refractivity contribution in [2.24, 2.45) is 0 Å². The molecule has 0 saturated heterocycles. The van der Waals surface area contributed by atoms with Gasteiger partial charge in [0.2, 0.25) is 0 Å². The Hall–Kier alpha value is -2.59. The normalized spacial score (nSPS) is 11.9. The van der Waals surface area contributed by atoms with Crippen molar-refractivity contribution in [1.82, 2.24) is 10.5 Å². The molecule has 0 radical (unpaired) electrons. The average Bonchev–Trinajstić information content (AvgIpc) is 3.06. The van der Waals surface area contributed by atoms with Gasteiger partial charge in [0.1, 0.15) is 0 Å². The maximum absolute atomic E-state index is 12.3. The molecule has 1 N–H and O–H groups in total. The summed E-state index contributed by atoms with van der Waals surface area (Å²) in [6.45, 7) is 1.90. The first-order valence-corrected chi connectivity index (χ1v) is 7.60. The first-order chi connectivity index (χ1) is 11.1. The van der Waals surface area contributed by atoms with Crippen molar-refractivity contribution in [3.8, 4) is 11.3 Å². The van der Waals surface area contributed by atoms with E-state index in [-0.39, 0.29) is 17.6 Å². The molecular formula is C18H15ClN2O2. The van der Waals surface area contributed by atoms with E-state index >= 15 is 0 Å². The number of carbonyl (C=O) groups excluding carboxylic acids is 1. The van der Waals surface area contributed by atoms with Crippen molar-refractivity contribution in [3.05, 3.63) is 76.9 Å². The number of hydrogen-bond donors (Lipinski definition) is 1. The maximum Gasteiger partial charge on any atom is 0.273 e. The number of carbonyl (C=O) groups is 1. The van der Waals surface area contributed by atoms with Gasteiger partial charge in [-0.25, -0.2) is 0 Å². The monoisotopic (exact) mass is 326 g/mol. The van der Waals surface area contributed by atoms with Crippen LogP contribution in [0.15, 0.2) is 65.2 Å². The van der Waals surface area contributed by atoms with Crippen LogP contribution in [0.3, 0.4) is 0 Å². The molecule has 0 bridgehead atoms. The smallest absolute Gasteiger partial charge is 0.273 e.